The minimum Gasteiger partial charge on any atom is -0.496 e. The van der Waals surface area contributed by atoms with Crippen molar-refractivity contribution in [3.05, 3.63) is 64.5 Å². The molecule has 102 valence electrons. The van der Waals surface area contributed by atoms with Crippen molar-refractivity contribution in [3.8, 4) is 5.75 Å². The number of rotatable bonds is 3. The topological polar surface area (TPSA) is 35.2 Å². The fraction of sp³-hybridized carbons (Fsp3) is 0.176. The number of benzene rings is 2. The van der Waals surface area contributed by atoms with Crippen molar-refractivity contribution < 1.29 is 4.74 Å². The SMILES string of the molecule is COc1ccc(C(N)c2cc3ccccc3s2)cc1C. The maximum absolute atomic E-state index is 6.41. The van der Waals surface area contributed by atoms with Gasteiger partial charge in [-0.15, -0.1) is 11.3 Å². The van der Waals surface area contributed by atoms with E-state index in [0.717, 1.165) is 16.9 Å². The van der Waals surface area contributed by atoms with Crippen LogP contribution in [0.4, 0.5) is 0 Å². The first-order valence-corrected chi connectivity index (χ1v) is 7.39. The fourth-order valence-electron chi connectivity index (χ4n) is 2.42. The largest absolute Gasteiger partial charge is 0.496 e. The number of ether oxygens (including phenoxy) is 1. The zero-order chi connectivity index (χ0) is 14.1. The van der Waals surface area contributed by atoms with Gasteiger partial charge in [-0.05, 0) is 41.6 Å². The van der Waals surface area contributed by atoms with Crippen LogP contribution in [-0.2, 0) is 0 Å². The quantitative estimate of drug-likeness (QED) is 0.779. The highest BCUT2D eigenvalue weighted by Gasteiger charge is 2.13. The molecule has 20 heavy (non-hydrogen) atoms. The van der Waals surface area contributed by atoms with E-state index in [1.807, 2.05) is 19.1 Å². The molecule has 3 rings (SSSR count). The molecule has 0 spiro atoms. The summed E-state index contributed by atoms with van der Waals surface area (Å²) in [6.07, 6.45) is 0. The number of hydrogen-bond acceptors (Lipinski definition) is 3. The van der Waals surface area contributed by atoms with E-state index in [4.69, 9.17) is 10.5 Å². The van der Waals surface area contributed by atoms with Crippen LogP contribution < -0.4 is 10.5 Å². The maximum atomic E-state index is 6.41. The molecule has 1 heterocycles. The Labute approximate surface area is 122 Å². The van der Waals surface area contributed by atoms with E-state index in [1.165, 1.54) is 15.0 Å². The van der Waals surface area contributed by atoms with Crippen molar-refractivity contribution in [2.24, 2.45) is 5.73 Å². The van der Waals surface area contributed by atoms with Gasteiger partial charge in [0.1, 0.15) is 5.75 Å². The van der Waals surface area contributed by atoms with E-state index in [2.05, 4.69) is 36.4 Å². The zero-order valence-electron chi connectivity index (χ0n) is 11.6. The highest BCUT2D eigenvalue weighted by Crippen LogP contribution is 2.33. The van der Waals surface area contributed by atoms with Gasteiger partial charge in [0.15, 0.2) is 0 Å². The van der Waals surface area contributed by atoms with E-state index in [9.17, 15) is 0 Å². The molecule has 0 fully saturated rings. The van der Waals surface area contributed by atoms with E-state index >= 15 is 0 Å². The molecule has 1 atom stereocenters. The summed E-state index contributed by atoms with van der Waals surface area (Å²) < 4.78 is 6.58. The van der Waals surface area contributed by atoms with Crippen LogP contribution in [0.3, 0.4) is 0 Å². The van der Waals surface area contributed by atoms with E-state index < -0.39 is 0 Å². The summed E-state index contributed by atoms with van der Waals surface area (Å²) in [5.41, 5.74) is 8.64. The van der Waals surface area contributed by atoms with Crippen LogP contribution in [0, 0.1) is 6.92 Å². The molecule has 0 aliphatic carbocycles. The van der Waals surface area contributed by atoms with Gasteiger partial charge < -0.3 is 10.5 Å². The number of aryl methyl sites for hydroxylation is 1. The van der Waals surface area contributed by atoms with E-state index in [0.29, 0.717) is 0 Å². The summed E-state index contributed by atoms with van der Waals surface area (Å²) in [4.78, 5) is 1.19. The molecule has 3 aromatic rings. The van der Waals surface area contributed by atoms with Crippen LogP contribution in [-0.4, -0.2) is 7.11 Å². The molecule has 3 heteroatoms. The first kappa shape index (κ1) is 13.2. The Hall–Kier alpha value is -1.84. The third-order valence-corrected chi connectivity index (χ3v) is 4.73. The second kappa shape index (κ2) is 5.27. The number of nitrogens with two attached hydrogens (primary N) is 1. The van der Waals surface area contributed by atoms with Crippen molar-refractivity contribution in [1.82, 2.24) is 0 Å². The molecule has 2 aromatic carbocycles. The summed E-state index contributed by atoms with van der Waals surface area (Å²) in [5.74, 6) is 0.900. The molecule has 2 nitrogen and oxygen atoms in total. The first-order valence-electron chi connectivity index (χ1n) is 6.57. The van der Waals surface area contributed by atoms with Gasteiger partial charge in [0.05, 0.1) is 13.2 Å². The number of thiophene rings is 1. The normalized spacial score (nSPS) is 12.6. The van der Waals surface area contributed by atoms with Gasteiger partial charge >= 0.3 is 0 Å². The molecule has 0 aliphatic heterocycles. The summed E-state index contributed by atoms with van der Waals surface area (Å²) in [6, 6.07) is 16.6. The van der Waals surface area contributed by atoms with Crippen molar-refractivity contribution in [3.63, 3.8) is 0 Å². The summed E-state index contributed by atoms with van der Waals surface area (Å²) in [5, 5.41) is 1.26. The van der Waals surface area contributed by atoms with Gasteiger partial charge in [0.25, 0.3) is 0 Å². The summed E-state index contributed by atoms with van der Waals surface area (Å²) >= 11 is 1.76. The number of hydrogen-bond donors (Lipinski definition) is 1. The van der Waals surface area contributed by atoms with Gasteiger partial charge in [-0.1, -0.05) is 30.3 Å². The highest BCUT2D eigenvalue weighted by atomic mass is 32.1. The Balaban J connectivity index is 1.99. The molecule has 0 saturated carbocycles. The molecular weight excluding hydrogens is 266 g/mol. The van der Waals surface area contributed by atoms with E-state index in [-0.39, 0.29) is 6.04 Å². The molecular formula is C17H17NOS. The Morgan fingerprint density at radius 2 is 1.90 bits per heavy atom. The zero-order valence-corrected chi connectivity index (χ0v) is 12.4. The van der Waals surface area contributed by atoms with Crippen LogP contribution in [0.2, 0.25) is 0 Å². The molecule has 0 aliphatic rings. The molecule has 0 bridgehead atoms. The average molecular weight is 283 g/mol. The van der Waals surface area contributed by atoms with Crippen LogP contribution >= 0.6 is 11.3 Å². The number of methoxy groups -OCH3 is 1. The monoisotopic (exact) mass is 283 g/mol. The number of fused-ring (bicyclic) bond motifs is 1. The molecule has 1 aromatic heterocycles. The smallest absolute Gasteiger partial charge is 0.121 e. The Morgan fingerprint density at radius 3 is 2.60 bits per heavy atom. The standard InChI is InChI=1S/C17H17NOS/c1-11-9-13(7-8-14(11)19-2)17(18)16-10-12-5-3-4-6-15(12)20-16/h3-10,17H,18H2,1-2H3. The van der Waals surface area contributed by atoms with Crippen LogP contribution in [0.5, 0.6) is 5.75 Å². The fourth-order valence-corrected chi connectivity index (χ4v) is 3.51. The van der Waals surface area contributed by atoms with Gasteiger partial charge in [-0.2, -0.15) is 0 Å². The van der Waals surface area contributed by atoms with Gasteiger partial charge in [-0.25, -0.2) is 0 Å². The third-order valence-electron chi connectivity index (χ3n) is 3.53. The van der Waals surface area contributed by atoms with Crippen LogP contribution in [0.25, 0.3) is 10.1 Å². The second-order valence-electron chi connectivity index (χ2n) is 4.89. The second-order valence-corrected chi connectivity index (χ2v) is 6.01. The molecule has 0 saturated heterocycles. The minimum absolute atomic E-state index is 0.0861. The minimum atomic E-state index is -0.0861. The lowest BCUT2D eigenvalue weighted by molar-refractivity contribution is 0.411. The Morgan fingerprint density at radius 1 is 1.10 bits per heavy atom. The van der Waals surface area contributed by atoms with E-state index in [1.54, 1.807) is 18.4 Å². The van der Waals surface area contributed by atoms with Gasteiger partial charge in [0, 0.05) is 9.58 Å². The van der Waals surface area contributed by atoms with Crippen molar-refractivity contribution in [2.45, 2.75) is 13.0 Å². The Bertz CT molecular complexity index is 715. The average Bonchev–Trinajstić information content (AvgIpc) is 2.90. The lowest BCUT2D eigenvalue weighted by Gasteiger charge is -2.12. The predicted octanol–water partition coefficient (Wildman–Crippen LogP) is 4.27. The molecule has 2 N–H and O–H groups in total. The third kappa shape index (κ3) is 2.30. The molecule has 0 amide bonds. The van der Waals surface area contributed by atoms with Gasteiger partial charge in [-0.3, -0.25) is 0 Å². The predicted molar refractivity (Wildman–Crippen MR) is 85.6 cm³/mol. The van der Waals surface area contributed by atoms with Crippen LogP contribution in [0.1, 0.15) is 22.0 Å². The summed E-state index contributed by atoms with van der Waals surface area (Å²) in [7, 11) is 1.69. The highest BCUT2D eigenvalue weighted by molar-refractivity contribution is 7.19. The van der Waals surface area contributed by atoms with Gasteiger partial charge in [0.2, 0.25) is 0 Å². The lowest BCUT2D eigenvalue weighted by atomic mass is 10.0. The summed E-state index contributed by atoms with van der Waals surface area (Å²) in [6.45, 7) is 2.04. The van der Waals surface area contributed by atoms with Crippen molar-refractivity contribution >= 4 is 21.4 Å². The van der Waals surface area contributed by atoms with Crippen molar-refractivity contribution in [2.75, 3.05) is 7.11 Å². The van der Waals surface area contributed by atoms with Crippen molar-refractivity contribution in [1.29, 1.82) is 0 Å². The molecule has 0 radical (unpaired) electrons. The maximum Gasteiger partial charge on any atom is 0.121 e. The first-order chi connectivity index (χ1) is 9.69. The van der Waals surface area contributed by atoms with Crippen LogP contribution in [0.15, 0.2) is 48.5 Å². The molecule has 1 unspecified atom stereocenters. The Kier molecular flexibility index (Phi) is 3.47. The lowest BCUT2D eigenvalue weighted by Crippen LogP contribution is -2.10.